The van der Waals surface area contributed by atoms with Crippen molar-refractivity contribution >= 4 is 17.5 Å². The van der Waals surface area contributed by atoms with E-state index in [9.17, 15) is 5.11 Å². The quantitative estimate of drug-likeness (QED) is 0.880. The summed E-state index contributed by atoms with van der Waals surface area (Å²) in [7, 11) is 0. The number of aromatic nitrogens is 2. The largest absolute Gasteiger partial charge is 0.391 e. The lowest BCUT2D eigenvalue weighted by Crippen LogP contribution is -2.23. The van der Waals surface area contributed by atoms with Gasteiger partial charge in [0.2, 0.25) is 5.95 Å². The molecular weight excluding hydrogens is 302 g/mol. The van der Waals surface area contributed by atoms with Gasteiger partial charge >= 0.3 is 0 Å². The van der Waals surface area contributed by atoms with Crippen LogP contribution in [0.2, 0.25) is 0 Å². The summed E-state index contributed by atoms with van der Waals surface area (Å²) in [5, 5.41) is 22.0. The molecule has 2 N–H and O–H groups in total. The van der Waals surface area contributed by atoms with E-state index < -0.39 is 0 Å². The van der Waals surface area contributed by atoms with Crippen LogP contribution in [0.25, 0.3) is 0 Å². The van der Waals surface area contributed by atoms with E-state index in [1.807, 2.05) is 18.2 Å². The van der Waals surface area contributed by atoms with Gasteiger partial charge in [-0.2, -0.15) is 10.2 Å². The van der Waals surface area contributed by atoms with E-state index in [1.165, 1.54) is 0 Å². The summed E-state index contributed by atoms with van der Waals surface area (Å²) in [4.78, 5) is 11.2. The predicted molar refractivity (Wildman–Crippen MR) is 93.3 cm³/mol. The SMILES string of the molecule is CCCc1cc(N2CC[C@@H](O)C2)nc(Nc2cccc(C#N)c2)n1. The first-order valence-electron chi connectivity index (χ1n) is 8.26. The second-order valence-electron chi connectivity index (χ2n) is 6.00. The maximum absolute atomic E-state index is 9.76. The number of nitriles is 1. The van der Waals surface area contributed by atoms with E-state index in [1.54, 1.807) is 12.1 Å². The molecule has 1 aliphatic heterocycles. The van der Waals surface area contributed by atoms with Gasteiger partial charge in [0, 0.05) is 30.5 Å². The van der Waals surface area contributed by atoms with Gasteiger partial charge in [-0.1, -0.05) is 19.4 Å². The van der Waals surface area contributed by atoms with Crippen molar-refractivity contribution in [2.45, 2.75) is 32.3 Å². The minimum Gasteiger partial charge on any atom is -0.391 e. The van der Waals surface area contributed by atoms with E-state index in [-0.39, 0.29) is 6.10 Å². The maximum atomic E-state index is 9.76. The van der Waals surface area contributed by atoms with E-state index in [2.05, 4.69) is 33.2 Å². The van der Waals surface area contributed by atoms with Crippen molar-refractivity contribution < 1.29 is 5.11 Å². The maximum Gasteiger partial charge on any atom is 0.229 e. The summed E-state index contributed by atoms with van der Waals surface area (Å²) in [6.07, 6.45) is 2.35. The van der Waals surface area contributed by atoms with Crippen LogP contribution >= 0.6 is 0 Å². The summed E-state index contributed by atoms with van der Waals surface area (Å²) in [6.45, 7) is 3.52. The Morgan fingerprint density at radius 2 is 2.25 bits per heavy atom. The third-order valence-electron chi connectivity index (χ3n) is 4.01. The van der Waals surface area contributed by atoms with E-state index >= 15 is 0 Å². The minimum atomic E-state index is -0.293. The predicted octanol–water partition coefficient (Wildman–Crippen LogP) is 2.62. The van der Waals surface area contributed by atoms with Gasteiger partial charge in [-0.05, 0) is 31.0 Å². The molecule has 0 aliphatic carbocycles. The van der Waals surface area contributed by atoms with Crippen LogP contribution in [0.3, 0.4) is 0 Å². The van der Waals surface area contributed by atoms with Crippen LogP contribution in [-0.4, -0.2) is 34.3 Å². The third kappa shape index (κ3) is 3.81. The molecule has 0 amide bonds. The lowest BCUT2D eigenvalue weighted by atomic mass is 10.2. The second-order valence-corrected chi connectivity index (χ2v) is 6.00. The second kappa shape index (κ2) is 7.28. The van der Waals surface area contributed by atoms with Gasteiger partial charge in [0.1, 0.15) is 5.82 Å². The first kappa shape index (κ1) is 16.2. The summed E-state index contributed by atoms with van der Waals surface area (Å²) >= 11 is 0. The Hall–Kier alpha value is -2.65. The van der Waals surface area contributed by atoms with Crippen LogP contribution < -0.4 is 10.2 Å². The van der Waals surface area contributed by atoms with Crippen LogP contribution in [0, 0.1) is 11.3 Å². The lowest BCUT2D eigenvalue weighted by molar-refractivity contribution is 0.198. The third-order valence-corrected chi connectivity index (χ3v) is 4.01. The van der Waals surface area contributed by atoms with Crippen molar-refractivity contribution in [3.63, 3.8) is 0 Å². The molecule has 1 aromatic heterocycles. The molecule has 1 atom stereocenters. The zero-order valence-electron chi connectivity index (χ0n) is 13.7. The molecule has 0 saturated carbocycles. The minimum absolute atomic E-state index is 0.293. The Kier molecular flexibility index (Phi) is 4.92. The average Bonchev–Trinajstić information content (AvgIpc) is 3.02. The fourth-order valence-corrected chi connectivity index (χ4v) is 2.83. The van der Waals surface area contributed by atoms with Gasteiger partial charge in [0.05, 0.1) is 17.7 Å². The number of hydrogen-bond donors (Lipinski definition) is 2. The molecule has 1 saturated heterocycles. The molecule has 124 valence electrons. The first-order valence-corrected chi connectivity index (χ1v) is 8.26. The van der Waals surface area contributed by atoms with Gasteiger partial charge < -0.3 is 15.3 Å². The molecule has 0 spiro atoms. The summed E-state index contributed by atoms with van der Waals surface area (Å²) < 4.78 is 0. The number of β-amino-alcohol motifs (C(OH)–C–C–N with tert-alkyl or cyclic N) is 1. The van der Waals surface area contributed by atoms with E-state index in [4.69, 9.17) is 5.26 Å². The van der Waals surface area contributed by atoms with Crippen molar-refractivity contribution in [3.8, 4) is 6.07 Å². The highest BCUT2D eigenvalue weighted by Gasteiger charge is 2.22. The van der Waals surface area contributed by atoms with Crippen molar-refractivity contribution in [2.75, 3.05) is 23.3 Å². The number of rotatable bonds is 5. The lowest BCUT2D eigenvalue weighted by Gasteiger charge is -2.18. The van der Waals surface area contributed by atoms with Gasteiger partial charge in [0.15, 0.2) is 0 Å². The average molecular weight is 323 g/mol. The molecule has 1 aliphatic rings. The molecule has 2 aromatic rings. The Morgan fingerprint density at radius 3 is 2.96 bits per heavy atom. The topological polar surface area (TPSA) is 85.1 Å². The highest BCUT2D eigenvalue weighted by molar-refractivity contribution is 5.58. The highest BCUT2D eigenvalue weighted by Crippen LogP contribution is 2.23. The summed E-state index contributed by atoms with van der Waals surface area (Å²) in [5.74, 6) is 1.36. The Labute approximate surface area is 141 Å². The summed E-state index contributed by atoms with van der Waals surface area (Å²) in [6, 6.07) is 11.4. The van der Waals surface area contributed by atoms with Crippen molar-refractivity contribution in [2.24, 2.45) is 0 Å². The Morgan fingerprint density at radius 1 is 1.38 bits per heavy atom. The normalized spacial score (nSPS) is 16.9. The summed E-state index contributed by atoms with van der Waals surface area (Å²) in [5.41, 5.74) is 2.35. The number of aryl methyl sites for hydroxylation is 1. The van der Waals surface area contributed by atoms with Crippen LogP contribution in [0.4, 0.5) is 17.5 Å². The van der Waals surface area contributed by atoms with Gasteiger partial charge in [-0.3, -0.25) is 0 Å². The molecule has 0 radical (unpaired) electrons. The molecular formula is C18H21N5O. The zero-order chi connectivity index (χ0) is 16.9. The Bertz CT molecular complexity index is 755. The molecule has 0 unspecified atom stereocenters. The number of aliphatic hydroxyl groups excluding tert-OH is 1. The van der Waals surface area contributed by atoms with Gasteiger partial charge in [-0.15, -0.1) is 0 Å². The smallest absolute Gasteiger partial charge is 0.229 e. The number of benzene rings is 1. The van der Waals surface area contributed by atoms with Crippen LogP contribution in [0.1, 0.15) is 31.0 Å². The number of nitrogens with zero attached hydrogens (tertiary/aromatic N) is 4. The van der Waals surface area contributed by atoms with Crippen molar-refractivity contribution in [3.05, 3.63) is 41.6 Å². The van der Waals surface area contributed by atoms with Crippen LogP contribution in [0.5, 0.6) is 0 Å². The monoisotopic (exact) mass is 323 g/mol. The van der Waals surface area contributed by atoms with Crippen molar-refractivity contribution in [1.29, 1.82) is 5.26 Å². The zero-order valence-corrected chi connectivity index (χ0v) is 13.7. The van der Waals surface area contributed by atoms with Crippen molar-refractivity contribution in [1.82, 2.24) is 9.97 Å². The van der Waals surface area contributed by atoms with Gasteiger partial charge in [-0.25, -0.2) is 4.98 Å². The number of anilines is 3. The van der Waals surface area contributed by atoms with Crippen LogP contribution in [-0.2, 0) is 6.42 Å². The molecule has 2 heterocycles. The Balaban J connectivity index is 1.88. The molecule has 24 heavy (non-hydrogen) atoms. The highest BCUT2D eigenvalue weighted by atomic mass is 16.3. The van der Waals surface area contributed by atoms with Crippen LogP contribution in [0.15, 0.2) is 30.3 Å². The number of aliphatic hydroxyl groups is 1. The van der Waals surface area contributed by atoms with E-state index in [0.717, 1.165) is 43.0 Å². The first-order chi connectivity index (χ1) is 11.7. The molecule has 1 aromatic carbocycles. The standard InChI is InChI=1S/C18H21N5O/c1-2-4-14-10-17(23-8-7-16(24)12-23)22-18(20-14)21-15-6-3-5-13(9-15)11-19/h3,5-6,9-10,16,24H,2,4,7-8,12H2,1H3,(H,20,21,22)/t16-/m1/s1. The molecule has 6 nitrogen and oxygen atoms in total. The van der Waals surface area contributed by atoms with E-state index in [0.29, 0.717) is 18.1 Å². The number of hydrogen-bond acceptors (Lipinski definition) is 6. The van der Waals surface area contributed by atoms with Gasteiger partial charge in [0.25, 0.3) is 0 Å². The molecule has 6 heteroatoms. The molecule has 3 rings (SSSR count). The fraction of sp³-hybridized carbons (Fsp3) is 0.389. The molecule has 1 fully saturated rings. The fourth-order valence-electron chi connectivity index (χ4n) is 2.83. The molecule has 0 bridgehead atoms. The number of nitrogens with one attached hydrogen (secondary N) is 1.